The van der Waals surface area contributed by atoms with Crippen LogP contribution in [0.5, 0.6) is 0 Å². The van der Waals surface area contributed by atoms with Gasteiger partial charge >= 0.3 is 7.12 Å². The van der Waals surface area contributed by atoms with E-state index in [1.54, 1.807) is 0 Å². The lowest BCUT2D eigenvalue weighted by Crippen LogP contribution is -2.41. The van der Waals surface area contributed by atoms with Gasteiger partial charge in [-0.1, -0.05) is 41.9 Å². The maximum Gasteiger partial charge on any atom is 0.506 e. The minimum atomic E-state index is -0.489. The molecule has 0 aromatic heterocycles. The van der Waals surface area contributed by atoms with Gasteiger partial charge in [0.15, 0.2) is 0 Å². The fourth-order valence-corrected chi connectivity index (χ4v) is 1.95. The molecule has 0 unspecified atom stereocenters. The van der Waals surface area contributed by atoms with Crippen LogP contribution in [0.15, 0.2) is 35.3 Å². The molecule has 0 amide bonds. The number of hydrogen-bond donors (Lipinski definition) is 0. The molecule has 0 N–H and O–H groups in total. The zero-order valence-corrected chi connectivity index (χ0v) is 12.0. The fraction of sp³-hybridized carbons (Fsp3) is 0.429. The smallest absolute Gasteiger partial charge is 0.399 e. The van der Waals surface area contributed by atoms with Crippen LogP contribution in [0, 0.1) is 0 Å². The summed E-state index contributed by atoms with van der Waals surface area (Å²) in [6, 6.07) is 9.90. The van der Waals surface area contributed by atoms with Gasteiger partial charge in [-0.05, 0) is 39.3 Å². The minimum Gasteiger partial charge on any atom is -0.399 e. The Labute approximate surface area is 114 Å². The average molecular weight is 265 g/mol. The zero-order valence-electron chi connectivity index (χ0n) is 11.2. The van der Waals surface area contributed by atoms with Crippen molar-refractivity contribution in [2.75, 3.05) is 0 Å². The summed E-state index contributed by atoms with van der Waals surface area (Å²) >= 11 is 6.29. The quantitative estimate of drug-likeness (QED) is 0.754. The molecule has 1 aromatic carbocycles. The first-order valence-corrected chi connectivity index (χ1v) is 6.47. The van der Waals surface area contributed by atoms with Crippen molar-refractivity contribution in [1.29, 1.82) is 0 Å². The lowest BCUT2D eigenvalue weighted by molar-refractivity contribution is 0.00578. The highest BCUT2D eigenvalue weighted by Gasteiger charge is 2.52. The van der Waals surface area contributed by atoms with Crippen molar-refractivity contribution >= 4 is 24.8 Å². The van der Waals surface area contributed by atoms with E-state index in [9.17, 15) is 0 Å². The molecule has 1 aliphatic rings. The fourth-order valence-electron chi connectivity index (χ4n) is 1.73. The second-order valence-electron chi connectivity index (χ2n) is 5.53. The molecule has 1 aromatic rings. The molecule has 2 nitrogen and oxygen atoms in total. The molecule has 0 aliphatic carbocycles. The summed E-state index contributed by atoms with van der Waals surface area (Å²) in [4.78, 5) is 0.569. The molecule has 0 spiro atoms. The predicted octanol–water partition coefficient (Wildman–Crippen LogP) is 3.90. The van der Waals surface area contributed by atoms with Crippen LogP contribution >= 0.6 is 11.6 Å². The Hall–Kier alpha value is -0.765. The monoisotopic (exact) mass is 264 g/mol. The van der Waals surface area contributed by atoms with Gasteiger partial charge in [-0.15, -0.1) is 0 Å². The van der Waals surface area contributed by atoms with E-state index in [2.05, 4.69) is 0 Å². The maximum atomic E-state index is 6.29. The Morgan fingerprint density at radius 2 is 1.56 bits per heavy atom. The first kappa shape index (κ1) is 13.7. The van der Waals surface area contributed by atoms with E-state index >= 15 is 0 Å². The van der Waals surface area contributed by atoms with E-state index in [0.717, 1.165) is 5.56 Å². The van der Waals surface area contributed by atoms with Crippen LogP contribution in [0.4, 0.5) is 0 Å². The Morgan fingerprint density at radius 1 is 1.06 bits per heavy atom. The molecule has 1 fully saturated rings. The molecular formula is C14H18BClO2. The van der Waals surface area contributed by atoms with Gasteiger partial charge in [0.05, 0.1) is 11.2 Å². The van der Waals surface area contributed by atoms with Crippen molar-refractivity contribution in [1.82, 2.24) is 0 Å². The van der Waals surface area contributed by atoms with Crippen LogP contribution in [-0.2, 0) is 9.31 Å². The molecule has 96 valence electrons. The van der Waals surface area contributed by atoms with Crippen LogP contribution in [0.1, 0.15) is 33.3 Å². The normalized spacial score (nSPS) is 22.3. The third-order valence-electron chi connectivity index (χ3n) is 3.58. The van der Waals surface area contributed by atoms with Crippen molar-refractivity contribution in [2.45, 2.75) is 38.9 Å². The van der Waals surface area contributed by atoms with Gasteiger partial charge in [0.25, 0.3) is 0 Å². The standard InChI is InChI=1S/C14H18BClO2/c1-13(2)14(3,4)18-15(17-13)12(16)10-11-8-6-5-7-9-11/h5-10H,1-4H3/b12-10-. The summed E-state index contributed by atoms with van der Waals surface area (Å²) < 4.78 is 11.8. The zero-order chi connectivity index (χ0) is 13.4. The van der Waals surface area contributed by atoms with Crippen molar-refractivity contribution in [3.05, 3.63) is 40.8 Å². The van der Waals surface area contributed by atoms with Gasteiger partial charge in [-0.3, -0.25) is 0 Å². The highest BCUT2D eigenvalue weighted by Crippen LogP contribution is 2.39. The topological polar surface area (TPSA) is 18.5 Å². The van der Waals surface area contributed by atoms with Crippen molar-refractivity contribution in [2.24, 2.45) is 0 Å². The Morgan fingerprint density at radius 3 is 2.06 bits per heavy atom. The third kappa shape index (κ3) is 2.63. The molecule has 0 atom stereocenters. The minimum absolute atomic E-state index is 0.359. The molecule has 1 saturated heterocycles. The Balaban J connectivity index is 2.18. The molecule has 0 radical (unpaired) electrons. The molecule has 18 heavy (non-hydrogen) atoms. The lowest BCUT2D eigenvalue weighted by Gasteiger charge is -2.32. The third-order valence-corrected chi connectivity index (χ3v) is 3.87. The number of hydrogen-bond acceptors (Lipinski definition) is 2. The molecular weight excluding hydrogens is 246 g/mol. The number of benzene rings is 1. The summed E-state index contributed by atoms with van der Waals surface area (Å²) in [5.74, 6) is 0. The first-order valence-electron chi connectivity index (χ1n) is 6.10. The summed E-state index contributed by atoms with van der Waals surface area (Å²) in [6.07, 6.45) is 1.88. The maximum absolute atomic E-state index is 6.29. The van der Waals surface area contributed by atoms with Crippen molar-refractivity contribution in [3.63, 3.8) is 0 Å². The van der Waals surface area contributed by atoms with E-state index in [4.69, 9.17) is 20.9 Å². The van der Waals surface area contributed by atoms with E-state index in [0.29, 0.717) is 4.93 Å². The lowest BCUT2D eigenvalue weighted by atomic mass is 9.88. The van der Waals surface area contributed by atoms with Crippen molar-refractivity contribution < 1.29 is 9.31 Å². The SMILES string of the molecule is CC1(C)OB(/C(Cl)=C/c2ccccc2)OC1(C)C. The molecule has 1 aliphatic heterocycles. The molecule has 0 bridgehead atoms. The largest absolute Gasteiger partial charge is 0.506 e. The van der Waals surface area contributed by atoms with E-state index < -0.39 is 7.12 Å². The van der Waals surface area contributed by atoms with E-state index in [-0.39, 0.29) is 11.2 Å². The van der Waals surface area contributed by atoms with Crippen LogP contribution in [0.2, 0.25) is 0 Å². The van der Waals surface area contributed by atoms with Gasteiger partial charge in [0, 0.05) is 4.93 Å². The molecule has 4 heteroatoms. The van der Waals surface area contributed by atoms with Gasteiger partial charge in [0.2, 0.25) is 0 Å². The average Bonchev–Trinajstić information content (AvgIpc) is 2.50. The highest BCUT2D eigenvalue weighted by atomic mass is 35.5. The summed E-state index contributed by atoms with van der Waals surface area (Å²) in [5, 5.41) is 0. The molecule has 0 saturated carbocycles. The van der Waals surface area contributed by atoms with Gasteiger partial charge in [0.1, 0.15) is 0 Å². The molecule has 2 rings (SSSR count). The molecule has 1 heterocycles. The highest BCUT2D eigenvalue weighted by molar-refractivity contribution is 6.71. The second-order valence-corrected chi connectivity index (χ2v) is 5.96. The van der Waals surface area contributed by atoms with E-state index in [1.807, 2.05) is 64.1 Å². The Kier molecular flexibility index (Phi) is 3.59. The first-order chi connectivity index (χ1) is 8.32. The summed E-state index contributed by atoms with van der Waals surface area (Å²) in [7, 11) is -0.489. The van der Waals surface area contributed by atoms with Crippen molar-refractivity contribution in [3.8, 4) is 0 Å². The summed E-state index contributed by atoms with van der Waals surface area (Å²) in [6.45, 7) is 8.05. The van der Waals surface area contributed by atoms with Gasteiger partial charge in [-0.2, -0.15) is 0 Å². The van der Waals surface area contributed by atoms with Gasteiger partial charge < -0.3 is 9.31 Å². The second kappa shape index (κ2) is 4.73. The van der Waals surface area contributed by atoms with Crippen LogP contribution in [-0.4, -0.2) is 18.3 Å². The van der Waals surface area contributed by atoms with Crippen LogP contribution in [0.25, 0.3) is 6.08 Å². The van der Waals surface area contributed by atoms with Crippen LogP contribution < -0.4 is 0 Å². The number of rotatable bonds is 2. The predicted molar refractivity (Wildman–Crippen MR) is 76.4 cm³/mol. The van der Waals surface area contributed by atoms with Crippen LogP contribution in [0.3, 0.4) is 0 Å². The van der Waals surface area contributed by atoms with E-state index in [1.165, 1.54) is 0 Å². The van der Waals surface area contributed by atoms with Gasteiger partial charge in [-0.25, -0.2) is 0 Å². The number of halogens is 1. The summed E-state index contributed by atoms with van der Waals surface area (Å²) in [5.41, 5.74) is 0.321. The Bertz CT molecular complexity index is 438.